The third-order valence-corrected chi connectivity index (χ3v) is 5.94. The van der Waals surface area contributed by atoms with Crippen molar-refractivity contribution in [1.29, 1.82) is 0 Å². The van der Waals surface area contributed by atoms with E-state index < -0.39 is 0 Å². The quantitative estimate of drug-likeness (QED) is 0.509. The fraction of sp³-hybridized carbons (Fsp3) is 0.125. The first-order chi connectivity index (χ1) is 10.2. The minimum atomic E-state index is 0.249. The Hall–Kier alpha value is -0.810. The highest BCUT2D eigenvalue weighted by Crippen LogP contribution is 2.33. The van der Waals surface area contributed by atoms with E-state index >= 15 is 0 Å². The summed E-state index contributed by atoms with van der Waals surface area (Å²) in [5.41, 5.74) is 1.03. The van der Waals surface area contributed by atoms with Crippen molar-refractivity contribution in [3.63, 3.8) is 0 Å². The fourth-order valence-corrected chi connectivity index (χ4v) is 4.20. The average Bonchev–Trinajstić information content (AvgIpc) is 3.14. The molecule has 0 aliphatic carbocycles. The van der Waals surface area contributed by atoms with Crippen molar-refractivity contribution < 1.29 is 0 Å². The van der Waals surface area contributed by atoms with Crippen molar-refractivity contribution in [2.24, 2.45) is 0 Å². The highest BCUT2D eigenvalue weighted by atomic mass is 79.9. The van der Waals surface area contributed by atoms with Crippen molar-refractivity contribution in [2.45, 2.75) is 12.5 Å². The second-order valence-corrected chi connectivity index (χ2v) is 7.92. The first-order valence-electron chi connectivity index (χ1n) is 6.50. The molecule has 1 N–H and O–H groups in total. The van der Waals surface area contributed by atoms with Gasteiger partial charge in [-0.1, -0.05) is 23.7 Å². The average molecular weight is 399 g/mol. The molecule has 21 heavy (non-hydrogen) atoms. The van der Waals surface area contributed by atoms with Crippen LogP contribution in [0.3, 0.4) is 0 Å². The molecule has 0 saturated heterocycles. The van der Waals surface area contributed by atoms with E-state index in [2.05, 4.69) is 56.3 Å². The highest BCUT2D eigenvalue weighted by Gasteiger charge is 2.15. The standard InChI is InChI=1S/C16H13BrClNS2/c17-13-6-5-11(18)9-14(13)19-15(16-4-2-8-21-16)10-12-3-1-7-20-12/h1-9,15,19H,10H2. The maximum Gasteiger partial charge on any atom is 0.0655 e. The van der Waals surface area contributed by atoms with Crippen molar-refractivity contribution in [3.8, 4) is 0 Å². The summed E-state index contributed by atoms with van der Waals surface area (Å²) in [5, 5.41) is 8.59. The van der Waals surface area contributed by atoms with Gasteiger partial charge in [0.25, 0.3) is 0 Å². The predicted octanol–water partition coefficient (Wildman–Crippen LogP) is 6.62. The van der Waals surface area contributed by atoms with E-state index in [0.717, 1.165) is 21.6 Å². The molecular weight excluding hydrogens is 386 g/mol. The van der Waals surface area contributed by atoms with Crippen LogP contribution in [-0.4, -0.2) is 0 Å². The van der Waals surface area contributed by atoms with Crippen LogP contribution in [0.2, 0.25) is 5.02 Å². The molecule has 0 radical (unpaired) electrons. The molecule has 3 rings (SSSR count). The zero-order valence-corrected chi connectivity index (χ0v) is 15.0. The smallest absolute Gasteiger partial charge is 0.0655 e. The molecule has 1 aromatic carbocycles. The maximum atomic E-state index is 6.11. The van der Waals surface area contributed by atoms with Crippen LogP contribution in [0.1, 0.15) is 15.8 Å². The van der Waals surface area contributed by atoms with Gasteiger partial charge in [-0.3, -0.25) is 0 Å². The summed E-state index contributed by atoms with van der Waals surface area (Å²) in [6, 6.07) is 14.6. The normalized spacial score (nSPS) is 12.3. The summed E-state index contributed by atoms with van der Waals surface area (Å²) in [7, 11) is 0. The van der Waals surface area contributed by atoms with Crippen LogP contribution in [0.5, 0.6) is 0 Å². The molecule has 0 bridgehead atoms. The molecule has 0 aliphatic rings. The zero-order chi connectivity index (χ0) is 14.7. The van der Waals surface area contributed by atoms with Crippen molar-refractivity contribution in [2.75, 3.05) is 5.32 Å². The number of thiophene rings is 2. The van der Waals surface area contributed by atoms with Crippen molar-refractivity contribution in [3.05, 3.63) is 72.5 Å². The van der Waals surface area contributed by atoms with Gasteiger partial charge in [0, 0.05) is 25.7 Å². The van der Waals surface area contributed by atoms with Gasteiger partial charge >= 0.3 is 0 Å². The molecule has 2 aromatic heterocycles. The minimum Gasteiger partial charge on any atom is -0.376 e. The van der Waals surface area contributed by atoms with Crippen LogP contribution in [0, 0.1) is 0 Å². The lowest BCUT2D eigenvalue weighted by Gasteiger charge is -2.19. The van der Waals surface area contributed by atoms with Gasteiger partial charge in [0.15, 0.2) is 0 Å². The van der Waals surface area contributed by atoms with E-state index in [4.69, 9.17) is 11.6 Å². The van der Waals surface area contributed by atoms with Crippen LogP contribution in [0.15, 0.2) is 57.7 Å². The van der Waals surface area contributed by atoms with E-state index in [1.165, 1.54) is 9.75 Å². The van der Waals surface area contributed by atoms with Crippen molar-refractivity contribution in [1.82, 2.24) is 0 Å². The van der Waals surface area contributed by atoms with Gasteiger partial charge < -0.3 is 5.32 Å². The molecule has 0 amide bonds. The van der Waals surface area contributed by atoms with Crippen LogP contribution >= 0.6 is 50.2 Å². The SMILES string of the molecule is Clc1ccc(Br)c(NC(Cc2cccs2)c2cccs2)c1. The van der Waals surface area contributed by atoms with E-state index in [-0.39, 0.29) is 6.04 Å². The lowest BCUT2D eigenvalue weighted by Crippen LogP contribution is -2.12. The van der Waals surface area contributed by atoms with Gasteiger partial charge in [-0.2, -0.15) is 0 Å². The second kappa shape index (κ2) is 6.97. The molecule has 5 heteroatoms. The van der Waals surface area contributed by atoms with Crippen LogP contribution in [0.25, 0.3) is 0 Å². The summed E-state index contributed by atoms with van der Waals surface area (Å²) < 4.78 is 1.03. The Balaban J connectivity index is 1.87. The molecule has 0 aliphatic heterocycles. The number of halogens is 2. The highest BCUT2D eigenvalue weighted by molar-refractivity contribution is 9.10. The third kappa shape index (κ3) is 3.89. The summed E-state index contributed by atoms with van der Waals surface area (Å²) in [6.45, 7) is 0. The molecule has 0 fully saturated rings. The third-order valence-electron chi connectivity index (χ3n) is 3.13. The molecule has 1 nitrogen and oxygen atoms in total. The maximum absolute atomic E-state index is 6.11. The number of hydrogen-bond donors (Lipinski definition) is 1. The van der Waals surface area contributed by atoms with E-state index in [1.54, 1.807) is 22.7 Å². The van der Waals surface area contributed by atoms with Crippen LogP contribution < -0.4 is 5.32 Å². The first-order valence-corrected chi connectivity index (χ1v) is 9.43. The number of rotatable bonds is 5. The number of nitrogens with one attached hydrogen (secondary N) is 1. The van der Waals surface area contributed by atoms with Crippen LogP contribution in [0.4, 0.5) is 5.69 Å². The van der Waals surface area contributed by atoms with Gasteiger partial charge in [0.1, 0.15) is 0 Å². The Morgan fingerprint density at radius 2 is 1.90 bits per heavy atom. The molecule has 2 heterocycles. The topological polar surface area (TPSA) is 12.0 Å². The summed E-state index contributed by atoms with van der Waals surface area (Å²) in [5.74, 6) is 0. The van der Waals surface area contributed by atoms with E-state index in [1.807, 2.05) is 18.2 Å². The summed E-state index contributed by atoms with van der Waals surface area (Å²) >= 11 is 13.3. The van der Waals surface area contributed by atoms with Gasteiger partial charge in [-0.25, -0.2) is 0 Å². The summed E-state index contributed by atoms with van der Waals surface area (Å²) in [6.07, 6.45) is 0.969. The predicted molar refractivity (Wildman–Crippen MR) is 97.9 cm³/mol. The van der Waals surface area contributed by atoms with Crippen LogP contribution in [-0.2, 0) is 6.42 Å². The van der Waals surface area contributed by atoms with Gasteiger partial charge in [-0.05, 0) is 57.0 Å². The second-order valence-electron chi connectivity index (χ2n) is 4.62. The number of benzene rings is 1. The summed E-state index contributed by atoms with van der Waals surface area (Å²) in [4.78, 5) is 2.70. The molecule has 1 unspecified atom stereocenters. The fourth-order valence-electron chi connectivity index (χ4n) is 2.14. The molecular formula is C16H13BrClNS2. The Bertz CT molecular complexity index is 695. The zero-order valence-electron chi connectivity index (χ0n) is 11.1. The van der Waals surface area contributed by atoms with E-state index in [0.29, 0.717) is 0 Å². The molecule has 3 aromatic rings. The lowest BCUT2D eigenvalue weighted by atomic mass is 10.1. The molecule has 1 atom stereocenters. The first kappa shape index (κ1) is 15.1. The lowest BCUT2D eigenvalue weighted by molar-refractivity contribution is 0.801. The number of hydrogen-bond acceptors (Lipinski definition) is 3. The van der Waals surface area contributed by atoms with Gasteiger partial charge in [-0.15, -0.1) is 22.7 Å². The Labute approximate surface area is 145 Å². The molecule has 0 spiro atoms. The Morgan fingerprint density at radius 3 is 2.62 bits per heavy atom. The molecule has 0 saturated carbocycles. The Kier molecular flexibility index (Phi) is 5.01. The van der Waals surface area contributed by atoms with Crippen molar-refractivity contribution >= 4 is 55.9 Å². The minimum absolute atomic E-state index is 0.249. The van der Waals surface area contributed by atoms with E-state index in [9.17, 15) is 0 Å². The van der Waals surface area contributed by atoms with Gasteiger partial charge in [0.2, 0.25) is 0 Å². The monoisotopic (exact) mass is 397 g/mol. The van der Waals surface area contributed by atoms with Gasteiger partial charge in [0.05, 0.1) is 11.7 Å². The molecule has 108 valence electrons. The Morgan fingerprint density at radius 1 is 1.10 bits per heavy atom. The largest absolute Gasteiger partial charge is 0.376 e. The number of anilines is 1.